The van der Waals surface area contributed by atoms with Gasteiger partial charge in [0, 0.05) is 12.6 Å². The lowest BCUT2D eigenvalue weighted by molar-refractivity contribution is -0.123. The summed E-state index contributed by atoms with van der Waals surface area (Å²) >= 11 is 0. The summed E-state index contributed by atoms with van der Waals surface area (Å²) in [5, 5.41) is 2.95. The van der Waals surface area contributed by atoms with E-state index in [-0.39, 0.29) is 17.9 Å². The Balaban J connectivity index is 1.72. The first-order valence-electron chi connectivity index (χ1n) is 6.01. The smallest absolute Gasteiger partial charge is 0.227 e. The van der Waals surface area contributed by atoms with Crippen molar-refractivity contribution in [3.05, 3.63) is 48.0 Å². The molecule has 0 radical (unpaired) electrons. The summed E-state index contributed by atoms with van der Waals surface area (Å²) in [6.45, 7) is 0.683. The molecule has 1 aliphatic carbocycles. The second kappa shape index (κ2) is 5.64. The quantitative estimate of drug-likeness (QED) is 0.765. The van der Waals surface area contributed by atoms with Gasteiger partial charge in [-0.15, -0.1) is 0 Å². The molecule has 2 rings (SSSR count). The number of nitrogens with two attached hydrogens (primary N) is 1. The molecule has 2 atom stereocenters. The molecule has 2 unspecified atom stereocenters. The summed E-state index contributed by atoms with van der Waals surface area (Å²) in [7, 11) is 0. The van der Waals surface area contributed by atoms with E-state index in [1.807, 2.05) is 30.4 Å². The zero-order valence-electron chi connectivity index (χ0n) is 9.80. The third kappa shape index (κ3) is 3.43. The molecular weight excluding hydrogens is 212 g/mol. The predicted molar refractivity (Wildman–Crippen MR) is 68.4 cm³/mol. The summed E-state index contributed by atoms with van der Waals surface area (Å²) in [4.78, 5) is 11.8. The lowest BCUT2D eigenvalue weighted by Crippen LogP contribution is -2.32. The van der Waals surface area contributed by atoms with Crippen molar-refractivity contribution in [3.8, 4) is 0 Å². The number of amides is 1. The largest absolute Gasteiger partial charge is 0.355 e. The van der Waals surface area contributed by atoms with Gasteiger partial charge in [-0.2, -0.15) is 0 Å². The zero-order valence-corrected chi connectivity index (χ0v) is 9.80. The van der Waals surface area contributed by atoms with Crippen LogP contribution in [0, 0.1) is 5.92 Å². The number of hydrogen-bond donors (Lipinski definition) is 2. The molecule has 0 saturated carbocycles. The summed E-state index contributed by atoms with van der Waals surface area (Å²) in [6, 6.07) is 10.2. The molecule has 0 fully saturated rings. The van der Waals surface area contributed by atoms with Crippen molar-refractivity contribution < 1.29 is 4.79 Å². The summed E-state index contributed by atoms with van der Waals surface area (Å²) in [5.74, 6) is 0.0471. The zero-order chi connectivity index (χ0) is 12.1. The van der Waals surface area contributed by atoms with E-state index >= 15 is 0 Å². The Labute approximate surface area is 102 Å². The van der Waals surface area contributed by atoms with E-state index in [0.29, 0.717) is 6.54 Å². The lowest BCUT2D eigenvalue weighted by atomic mass is 10.1. The van der Waals surface area contributed by atoms with E-state index in [4.69, 9.17) is 5.73 Å². The maximum atomic E-state index is 11.8. The van der Waals surface area contributed by atoms with Crippen LogP contribution in [0.4, 0.5) is 0 Å². The minimum absolute atomic E-state index is 0.0410. The fourth-order valence-electron chi connectivity index (χ4n) is 2.03. The number of rotatable bonds is 4. The van der Waals surface area contributed by atoms with E-state index in [9.17, 15) is 4.79 Å². The maximum absolute atomic E-state index is 11.8. The van der Waals surface area contributed by atoms with Gasteiger partial charge in [-0.25, -0.2) is 0 Å². The summed E-state index contributed by atoms with van der Waals surface area (Å²) in [5.41, 5.74) is 6.96. The average Bonchev–Trinajstić information content (AvgIpc) is 2.77. The highest BCUT2D eigenvalue weighted by Crippen LogP contribution is 2.16. The summed E-state index contributed by atoms with van der Waals surface area (Å²) < 4.78 is 0. The number of benzene rings is 1. The van der Waals surface area contributed by atoms with Crippen molar-refractivity contribution in [3.63, 3.8) is 0 Å². The van der Waals surface area contributed by atoms with Crippen molar-refractivity contribution >= 4 is 5.91 Å². The lowest BCUT2D eigenvalue weighted by Gasteiger charge is -2.10. The van der Waals surface area contributed by atoms with Crippen molar-refractivity contribution in [1.82, 2.24) is 5.32 Å². The van der Waals surface area contributed by atoms with Crippen LogP contribution in [0.15, 0.2) is 42.5 Å². The second-order valence-electron chi connectivity index (χ2n) is 4.42. The maximum Gasteiger partial charge on any atom is 0.227 e. The molecule has 1 amide bonds. The van der Waals surface area contributed by atoms with Crippen LogP contribution < -0.4 is 11.1 Å². The number of hydrogen-bond acceptors (Lipinski definition) is 2. The van der Waals surface area contributed by atoms with E-state index in [1.165, 1.54) is 5.56 Å². The molecule has 3 heteroatoms. The number of carbonyl (C=O) groups is 1. The van der Waals surface area contributed by atoms with Gasteiger partial charge in [0.2, 0.25) is 5.91 Å². The molecule has 17 heavy (non-hydrogen) atoms. The highest BCUT2D eigenvalue weighted by atomic mass is 16.1. The molecule has 1 aromatic carbocycles. The Hall–Kier alpha value is -1.61. The molecule has 0 aliphatic heterocycles. The minimum atomic E-state index is -0.0410. The van der Waals surface area contributed by atoms with Gasteiger partial charge in [-0.05, 0) is 18.4 Å². The SMILES string of the molecule is NC1C=CC(C(=O)NCCc2ccccc2)C1. The molecule has 3 nitrogen and oxygen atoms in total. The van der Waals surface area contributed by atoms with Crippen LogP contribution in [0.1, 0.15) is 12.0 Å². The highest BCUT2D eigenvalue weighted by molar-refractivity contribution is 5.81. The minimum Gasteiger partial charge on any atom is -0.355 e. The van der Waals surface area contributed by atoms with E-state index in [2.05, 4.69) is 17.4 Å². The third-order valence-corrected chi connectivity index (χ3v) is 3.01. The Morgan fingerprint density at radius 2 is 2.06 bits per heavy atom. The van der Waals surface area contributed by atoms with Gasteiger partial charge in [-0.1, -0.05) is 42.5 Å². The average molecular weight is 230 g/mol. The van der Waals surface area contributed by atoms with Crippen LogP contribution >= 0.6 is 0 Å². The van der Waals surface area contributed by atoms with Crippen molar-refractivity contribution in [2.45, 2.75) is 18.9 Å². The molecule has 0 spiro atoms. The molecule has 90 valence electrons. The van der Waals surface area contributed by atoms with Crippen LogP contribution in [0.3, 0.4) is 0 Å². The molecule has 0 saturated heterocycles. The van der Waals surface area contributed by atoms with Gasteiger partial charge in [0.25, 0.3) is 0 Å². The van der Waals surface area contributed by atoms with Gasteiger partial charge in [-0.3, -0.25) is 4.79 Å². The normalized spacial score (nSPS) is 22.6. The van der Waals surface area contributed by atoms with Gasteiger partial charge in [0.1, 0.15) is 0 Å². The Morgan fingerprint density at radius 1 is 1.29 bits per heavy atom. The number of carbonyl (C=O) groups excluding carboxylic acids is 1. The van der Waals surface area contributed by atoms with Crippen LogP contribution in [-0.4, -0.2) is 18.5 Å². The molecule has 1 aliphatic rings. The molecule has 3 N–H and O–H groups in total. The van der Waals surface area contributed by atoms with Crippen LogP contribution in [0.2, 0.25) is 0 Å². The van der Waals surface area contributed by atoms with Crippen LogP contribution in [0.25, 0.3) is 0 Å². The van der Waals surface area contributed by atoms with Crippen LogP contribution in [0.5, 0.6) is 0 Å². The second-order valence-corrected chi connectivity index (χ2v) is 4.42. The van der Waals surface area contributed by atoms with Gasteiger partial charge < -0.3 is 11.1 Å². The van der Waals surface area contributed by atoms with Crippen molar-refractivity contribution in [2.24, 2.45) is 11.7 Å². The molecular formula is C14H18N2O. The standard InChI is InChI=1S/C14H18N2O/c15-13-7-6-12(10-13)14(17)16-9-8-11-4-2-1-3-5-11/h1-7,12-13H,8-10,15H2,(H,16,17). The van der Waals surface area contributed by atoms with E-state index in [0.717, 1.165) is 12.8 Å². The third-order valence-electron chi connectivity index (χ3n) is 3.01. The predicted octanol–water partition coefficient (Wildman–Crippen LogP) is 1.25. The molecule has 1 aromatic rings. The van der Waals surface area contributed by atoms with Gasteiger partial charge in [0.15, 0.2) is 0 Å². The fourth-order valence-corrected chi connectivity index (χ4v) is 2.03. The van der Waals surface area contributed by atoms with Crippen molar-refractivity contribution in [1.29, 1.82) is 0 Å². The fraction of sp³-hybridized carbons (Fsp3) is 0.357. The van der Waals surface area contributed by atoms with Gasteiger partial charge >= 0.3 is 0 Å². The molecule has 0 bridgehead atoms. The van der Waals surface area contributed by atoms with Crippen LogP contribution in [-0.2, 0) is 11.2 Å². The monoisotopic (exact) mass is 230 g/mol. The van der Waals surface area contributed by atoms with E-state index < -0.39 is 0 Å². The molecule has 0 heterocycles. The Bertz CT molecular complexity index is 400. The first-order valence-corrected chi connectivity index (χ1v) is 6.01. The topological polar surface area (TPSA) is 55.1 Å². The Kier molecular flexibility index (Phi) is 3.94. The molecule has 0 aromatic heterocycles. The van der Waals surface area contributed by atoms with Crippen molar-refractivity contribution in [2.75, 3.05) is 6.54 Å². The highest BCUT2D eigenvalue weighted by Gasteiger charge is 2.21. The number of nitrogens with one attached hydrogen (secondary N) is 1. The first kappa shape index (κ1) is 11.9. The first-order chi connectivity index (χ1) is 8.25. The van der Waals surface area contributed by atoms with Gasteiger partial charge in [0.05, 0.1) is 5.92 Å². The summed E-state index contributed by atoms with van der Waals surface area (Å²) in [6.07, 6.45) is 5.41. The van der Waals surface area contributed by atoms with E-state index in [1.54, 1.807) is 0 Å². The Morgan fingerprint density at radius 3 is 2.71 bits per heavy atom.